The van der Waals surface area contributed by atoms with Crippen LogP contribution in [0.1, 0.15) is 23.6 Å². The SMILES string of the molecule is C[C@@H](S[C@H]1CO[C@H](C=CC=Cc2ccc(C#N)cc2F)OC1)[C@](O)(Cn1cncn1)c1ccc(F)cc1F. The highest BCUT2D eigenvalue weighted by Crippen LogP contribution is 2.38. The Hall–Kier alpha value is -3.43. The molecule has 1 fully saturated rings. The van der Waals surface area contributed by atoms with E-state index in [9.17, 15) is 18.3 Å². The highest BCUT2D eigenvalue weighted by atomic mass is 32.2. The molecule has 2 aromatic carbocycles. The molecule has 0 amide bonds. The van der Waals surface area contributed by atoms with Crippen LogP contribution in [0.4, 0.5) is 13.2 Å². The van der Waals surface area contributed by atoms with Crippen molar-refractivity contribution >= 4 is 17.8 Å². The van der Waals surface area contributed by atoms with Crippen molar-refractivity contribution in [3.05, 3.63) is 101 Å². The topological polar surface area (TPSA) is 93.2 Å². The van der Waals surface area contributed by atoms with Crippen molar-refractivity contribution in [1.29, 1.82) is 5.26 Å². The molecule has 2 heterocycles. The fourth-order valence-corrected chi connectivity index (χ4v) is 5.29. The van der Waals surface area contributed by atoms with E-state index in [-0.39, 0.29) is 22.9 Å². The molecule has 1 aliphatic rings. The Morgan fingerprint density at radius 1 is 1.18 bits per heavy atom. The number of thioether (sulfide) groups is 1. The van der Waals surface area contributed by atoms with Crippen LogP contribution >= 0.6 is 11.8 Å². The summed E-state index contributed by atoms with van der Waals surface area (Å²) in [5.41, 5.74) is -1.17. The lowest BCUT2D eigenvalue weighted by molar-refractivity contribution is -0.146. The van der Waals surface area contributed by atoms with Gasteiger partial charge in [-0.2, -0.15) is 10.4 Å². The maximum absolute atomic E-state index is 14.7. The molecular weight excluding hydrogens is 517 g/mol. The van der Waals surface area contributed by atoms with Crippen LogP contribution in [0.25, 0.3) is 6.08 Å². The minimum atomic E-state index is -1.72. The number of aromatic nitrogens is 3. The van der Waals surface area contributed by atoms with E-state index in [1.165, 1.54) is 53.4 Å². The summed E-state index contributed by atoms with van der Waals surface area (Å²) in [4.78, 5) is 3.88. The number of aliphatic hydroxyl groups is 1. The Morgan fingerprint density at radius 3 is 2.63 bits per heavy atom. The zero-order valence-corrected chi connectivity index (χ0v) is 21.2. The van der Waals surface area contributed by atoms with Gasteiger partial charge in [-0.05, 0) is 24.3 Å². The van der Waals surface area contributed by atoms with Crippen molar-refractivity contribution in [3.8, 4) is 6.07 Å². The molecule has 2 atom stereocenters. The predicted octanol–water partition coefficient (Wildman–Crippen LogP) is 4.59. The third-order valence-corrected chi connectivity index (χ3v) is 7.47. The Balaban J connectivity index is 1.36. The smallest absolute Gasteiger partial charge is 0.177 e. The summed E-state index contributed by atoms with van der Waals surface area (Å²) in [7, 11) is 0. The van der Waals surface area contributed by atoms with Crippen LogP contribution in [-0.2, 0) is 21.6 Å². The lowest BCUT2D eigenvalue weighted by atomic mass is 9.90. The molecule has 1 saturated heterocycles. The van der Waals surface area contributed by atoms with Crippen molar-refractivity contribution in [2.75, 3.05) is 13.2 Å². The van der Waals surface area contributed by atoms with Gasteiger partial charge in [0.25, 0.3) is 0 Å². The number of halogens is 3. The zero-order chi connectivity index (χ0) is 27.1. The van der Waals surface area contributed by atoms with Gasteiger partial charge in [0.15, 0.2) is 6.29 Å². The maximum atomic E-state index is 14.7. The van der Waals surface area contributed by atoms with Gasteiger partial charge in [0.2, 0.25) is 0 Å². The van der Waals surface area contributed by atoms with Gasteiger partial charge in [0.05, 0.1) is 36.6 Å². The molecule has 0 spiro atoms. The molecule has 0 saturated carbocycles. The summed E-state index contributed by atoms with van der Waals surface area (Å²) >= 11 is 1.36. The second kappa shape index (κ2) is 12.4. The number of benzene rings is 2. The summed E-state index contributed by atoms with van der Waals surface area (Å²) in [6, 6.07) is 9.21. The first-order valence-corrected chi connectivity index (χ1v) is 12.7. The number of nitrogens with zero attached hydrogens (tertiary/aromatic N) is 4. The summed E-state index contributed by atoms with van der Waals surface area (Å²) in [6.07, 6.45) is 8.68. The number of nitriles is 1. The minimum Gasteiger partial charge on any atom is -0.382 e. The standard InChI is InChI=1S/C27H25F3N4O3S/c1-18(27(35,15-34-17-32-16-33-34)23-9-8-21(28)11-25(23)30)38-22-13-36-26(37-14-22)5-3-2-4-20-7-6-19(12-31)10-24(20)29/h2-11,16-18,22,26,35H,13-15H2,1H3/t18-,22-,26-,27-/m1/s1. The van der Waals surface area contributed by atoms with Crippen molar-refractivity contribution in [2.45, 2.75) is 35.9 Å². The van der Waals surface area contributed by atoms with E-state index in [4.69, 9.17) is 14.7 Å². The van der Waals surface area contributed by atoms with Crippen LogP contribution in [0.5, 0.6) is 0 Å². The third-order valence-electron chi connectivity index (χ3n) is 6.01. The lowest BCUT2D eigenvalue weighted by Crippen LogP contribution is -2.43. The first-order valence-electron chi connectivity index (χ1n) is 11.7. The van der Waals surface area contributed by atoms with Gasteiger partial charge in [-0.1, -0.05) is 37.3 Å². The largest absolute Gasteiger partial charge is 0.382 e. The second-order valence-corrected chi connectivity index (χ2v) is 10.3. The quantitative estimate of drug-likeness (QED) is 0.396. The normalized spacial score (nSPS) is 20.4. The summed E-state index contributed by atoms with van der Waals surface area (Å²) < 4.78 is 55.1. The van der Waals surface area contributed by atoms with Crippen LogP contribution in [0.15, 0.2) is 67.3 Å². The van der Waals surface area contributed by atoms with Crippen LogP contribution < -0.4 is 0 Å². The highest BCUT2D eigenvalue weighted by Gasteiger charge is 2.41. The van der Waals surface area contributed by atoms with E-state index in [2.05, 4.69) is 10.1 Å². The molecule has 1 aromatic heterocycles. The lowest BCUT2D eigenvalue weighted by Gasteiger charge is -2.37. The molecule has 1 aliphatic heterocycles. The Bertz CT molecular complexity index is 1340. The van der Waals surface area contributed by atoms with Crippen molar-refractivity contribution in [2.24, 2.45) is 0 Å². The fourth-order valence-electron chi connectivity index (χ4n) is 3.97. The number of rotatable bonds is 9. The van der Waals surface area contributed by atoms with Gasteiger partial charge in [-0.25, -0.2) is 22.8 Å². The highest BCUT2D eigenvalue weighted by molar-refractivity contribution is 8.00. The average molecular weight is 543 g/mol. The molecule has 0 unspecified atom stereocenters. The van der Waals surface area contributed by atoms with E-state index in [1.54, 1.807) is 31.2 Å². The van der Waals surface area contributed by atoms with Crippen molar-refractivity contribution < 1.29 is 27.8 Å². The molecule has 0 bridgehead atoms. The molecule has 7 nitrogen and oxygen atoms in total. The first-order chi connectivity index (χ1) is 18.3. The average Bonchev–Trinajstić information content (AvgIpc) is 3.40. The Morgan fingerprint density at radius 2 is 1.97 bits per heavy atom. The van der Waals surface area contributed by atoms with Crippen molar-refractivity contribution in [1.82, 2.24) is 14.8 Å². The molecule has 198 valence electrons. The fraction of sp³-hybridized carbons (Fsp3) is 0.296. The van der Waals surface area contributed by atoms with Crippen LogP contribution in [0.2, 0.25) is 0 Å². The molecule has 4 rings (SSSR count). The van der Waals surface area contributed by atoms with Gasteiger partial charge in [0, 0.05) is 22.4 Å². The zero-order valence-electron chi connectivity index (χ0n) is 20.4. The van der Waals surface area contributed by atoms with E-state index in [0.29, 0.717) is 18.8 Å². The van der Waals surface area contributed by atoms with Gasteiger partial charge < -0.3 is 14.6 Å². The van der Waals surface area contributed by atoms with Gasteiger partial charge >= 0.3 is 0 Å². The predicted molar refractivity (Wildman–Crippen MR) is 136 cm³/mol. The van der Waals surface area contributed by atoms with Crippen LogP contribution in [-0.4, -0.2) is 49.9 Å². The number of hydrogen-bond donors (Lipinski definition) is 1. The van der Waals surface area contributed by atoms with E-state index >= 15 is 0 Å². The molecule has 3 aromatic rings. The van der Waals surface area contributed by atoms with E-state index in [0.717, 1.165) is 12.1 Å². The second-order valence-electron chi connectivity index (χ2n) is 8.67. The Labute approximate surface area is 222 Å². The number of hydrogen-bond acceptors (Lipinski definition) is 7. The van der Waals surface area contributed by atoms with E-state index in [1.807, 2.05) is 6.07 Å². The number of ether oxygens (including phenoxy) is 2. The Kier molecular flexibility index (Phi) is 9.01. The monoisotopic (exact) mass is 542 g/mol. The van der Waals surface area contributed by atoms with Gasteiger partial charge in [0.1, 0.15) is 35.7 Å². The van der Waals surface area contributed by atoms with Gasteiger partial charge in [-0.15, -0.1) is 11.8 Å². The summed E-state index contributed by atoms with van der Waals surface area (Å²) in [5.74, 6) is -2.08. The molecule has 38 heavy (non-hydrogen) atoms. The molecule has 11 heteroatoms. The first kappa shape index (κ1) is 27.6. The van der Waals surface area contributed by atoms with Crippen LogP contribution in [0, 0.1) is 28.8 Å². The molecule has 0 aliphatic carbocycles. The van der Waals surface area contributed by atoms with Gasteiger partial charge in [-0.3, -0.25) is 0 Å². The summed E-state index contributed by atoms with van der Waals surface area (Å²) in [6.45, 7) is 2.28. The summed E-state index contributed by atoms with van der Waals surface area (Å²) in [5, 5.41) is 23.8. The van der Waals surface area contributed by atoms with Crippen molar-refractivity contribution in [3.63, 3.8) is 0 Å². The third kappa shape index (κ3) is 6.71. The molecule has 1 N–H and O–H groups in total. The van der Waals surface area contributed by atoms with Crippen LogP contribution in [0.3, 0.4) is 0 Å². The maximum Gasteiger partial charge on any atom is 0.177 e. The minimum absolute atomic E-state index is 0.0432. The van der Waals surface area contributed by atoms with E-state index < -0.39 is 34.6 Å². The molecule has 0 radical (unpaired) electrons. The number of allylic oxidation sites excluding steroid dienone is 2. The molecular formula is C27H25F3N4O3S.